The van der Waals surface area contributed by atoms with E-state index in [1.807, 2.05) is 30.3 Å². The molecule has 0 bridgehead atoms. The van der Waals surface area contributed by atoms with Gasteiger partial charge in [0.2, 0.25) is 0 Å². The van der Waals surface area contributed by atoms with Gasteiger partial charge in [0.25, 0.3) is 5.69 Å². The number of aliphatic hydroxyl groups excluding tert-OH is 1. The van der Waals surface area contributed by atoms with Crippen LogP contribution in [0.25, 0.3) is 0 Å². The molecule has 21 heavy (non-hydrogen) atoms. The van der Waals surface area contributed by atoms with E-state index < -0.39 is 4.92 Å². The smallest absolute Gasteiger partial charge is 0.269 e. The molecule has 0 aliphatic carbocycles. The highest BCUT2D eigenvalue weighted by Crippen LogP contribution is 2.25. The van der Waals surface area contributed by atoms with Gasteiger partial charge in [-0.25, -0.2) is 0 Å². The van der Waals surface area contributed by atoms with Gasteiger partial charge in [-0.2, -0.15) is 0 Å². The van der Waals surface area contributed by atoms with Crippen LogP contribution in [0.15, 0.2) is 54.6 Å². The first-order valence-corrected chi connectivity index (χ1v) is 6.87. The second-order valence-electron chi connectivity index (χ2n) is 4.78. The molecule has 2 aromatic rings. The summed E-state index contributed by atoms with van der Waals surface area (Å²) in [5.74, 6) is 0. The van der Waals surface area contributed by atoms with Gasteiger partial charge in [0.05, 0.1) is 11.0 Å². The van der Waals surface area contributed by atoms with Crippen LogP contribution in [-0.4, -0.2) is 16.6 Å². The number of rotatable bonds is 7. The Morgan fingerprint density at radius 1 is 1.10 bits per heavy atom. The van der Waals surface area contributed by atoms with Crippen LogP contribution in [0.2, 0.25) is 0 Å². The Morgan fingerprint density at radius 2 is 1.76 bits per heavy atom. The van der Waals surface area contributed by atoms with Gasteiger partial charge in [0.15, 0.2) is 0 Å². The molecule has 0 radical (unpaired) electrons. The van der Waals surface area contributed by atoms with Crippen molar-refractivity contribution in [3.8, 4) is 0 Å². The lowest BCUT2D eigenvalue weighted by Crippen LogP contribution is -2.11. The van der Waals surface area contributed by atoms with Crippen LogP contribution in [0, 0.1) is 10.1 Å². The Kier molecular flexibility index (Phi) is 5.29. The van der Waals surface area contributed by atoms with E-state index in [9.17, 15) is 10.1 Å². The molecule has 2 aromatic carbocycles. The van der Waals surface area contributed by atoms with Gasteiger partial charge in [-0.15, -0.1) is 0 Å². The number of benzene rings is 2. The number of hydrogen-bond acceptors (Lipinski definition) is 4. The van der Waals surface area contributed by atoms with Crippen LogP contribution < -0.4 is 5.32 Å². The zero-order valence-electron chi connectivity index (χ0n) is 11.6. The van der Waals surface area contributed by atoms with Crippen LogP contribution in [0.4, 0.5) is 11.4 Å². The molecule has 0 amide bonds. The molecule has 0 aliphatic heterocycles. The maximum absolute atomic E-state index is 10.7. The molecule has 2 rings (SSSR count). The number of hydrogen-bond donors (Lipinski definition) is 2. The number of nitro groups is 1. The molecule has 5 nitrogen and oxygen atoms in total. The third-order valence-electron chi connectivity index (χ3n) is 3.27. The second kappa shape index (κ2) is 7.40. The van der Waals surface area contributed by atoms with E-state index in [1.165, 1.54) is 12.1 Å². The topological polar surface area (TPSA) is 75.4 Å². The highest BCUT2D eigenvalue weighted by Gasteiger charge is 2.11. The molecule has 0 spiro atoms. The standard InChI is InChI=1S/C16H18N2O3/c19-12-4-7-16(13-5-2-1-3-6-13)17-14-8-10-15(11-9-14)18(20)21/h1-3,5-6,8-11,16-17,19H,4,7,12H2. The first-order chi connectivity index (χ1) is 10.2. The van der Waals surface area contributed by atoms with Crippen molar-refractivity contribution >= 4 is 11.4 Å². The third-order valence-corrected chi connectivity index (χ3v) is 3.27. The van der Waals surface area contributed by atoms with Crippen molar-refractivity contribution in [2.24, 2.45) is 0 Å². The Morgan fingerprint density at radius 3 is 2.33 bits per heavy atom. The minimum absolute atomic E-state index is 0.0693. The molecule has 110 valence electrons. The summed E-state index contributed by atoms with van der Waals surface area (Å²) in [6.07, 6.45) is 1.48. The molecule has 0 heterocycles. The molecular weight excluding hydrogens is 268 g/mol. The van der Waals surface area contributed by atoms with Crippen LogP contribution in [0.1, 0.15) is 24.4 Å². The van der Waals surface area contributed by atoms with Gasteiger partial charge < -0.3 is 10.4 Å². The molecular formula is C16H18N2O3. The maximum Gasteiger partial charge on any atom is 0.269 e. The van der Waals surface area contributed by atoms with E-state index >= 15 is 0 Å². The van der Waals surface area contributed by atoms with E-state index in [2.05, 4.69) is 5.32 Å². The average Bonchev–Trinajstić information content (AvgIpc) is 2.52. The Hall–Kier alpha value is -2.40. The van der Waals surface area contributed by atoms with Crippen LogP contribution >= 0.6 is 0 Å². The number of nitrogens with one attached hydrogen (secondary N) is 1. The van der Waals surface area contributed by atoms with Crippen LogP contribution in [-0.2, 0) is 0 Å². The van der Waals surface area contributed by atoms with Crippen molar-refractivity contribution < 1.29 is 10.0 Å². The van der Waals surface area contributed by atoms with Gasteiger partial charge in [0, 0.05) is 24.4 Å². The summed E-state index contributed by atoms with van der Waals surface area (Å²) in [4.78, 5) is 10.2. The van der Waals surface area contributed by atoms with Crippen molar-refractivity contribution in [3.63, 3.8) is 0 Å². The normalized spacial score (nSPS) is 11.9. The minimum atomic E-state index is -0.412. The summed E-state index contributed by atoms with van der Waals surface area (Å²) in [6.45, 7) is 0.144. The first-order valence-electron chi connectivity index (χ1n) is 6.87. The number of anilines is 1. The molecule has 2 N–H and O–H groups in total. The largest absolute Gasteiger partial charge is 0.396 e. The summed E-state index contributed by atoms with van der Waals surface area (Å²) in [7, 11) is 0. The molecule has 0 saturated carbocycles. The lowest BCUT2D eigenvalue weighted by Gasteiger charge is -2.20. The molecule has 1 unspecified atom stereocenters. The summed E-state index contributed by atoms with van der Waals surface area (Å²) < 4.78 is 0. The minimum Gasteiger partial charge on any atom is -0.396 e. The van der Waals surface area contributed by atoms with Gasteiger partial charge in [0.1, 0.15) is 0 Å². The Bertz CT molecular complexity index is 570. The first kappa shape index (κ1) is 15.0. The zero-order valence-corrected chi connectivity index (χ0v) is 11.6. The summed E-state index contributed by atoms with van der Waals surface area (Å²) >= 11 is 0. The summed E-state index contributed by atoms with van der Waals surface area (Å²) in [5, 5.41) is 23.0. The third kappa shape index (κ3) is 4.29. The van der Waals surface area contributed by atoms with E-state index in [-0.39, 0.29) is 18.3 Å². The highest BCUT2D eigenvalue weighted by atomic mass is 16.6. The fourth-order valence-corrected chi connectivity index (χ4v) is 2.18. The SMILES string of the molecule is O=[N+]([O-])c1ccc(NC(CCCO)c2ccccc2)cc1. The maximum atomic E-state index is 10.7. The summed E-state index contributed by atoms with van der Waals surface area (Å²) in [6, 6.07) is 16.4. The van der Waals surface area contributed by atoms with Gasteiger partial charge in [-0.1, -0.05) is 30.3 Å². The fourth-order valence-electron chi connectivity index (χ4n) is 2.18. The molecule has 0 aliphatic rings. The number of aliphatic hydroxyl groups is 1. The van der Waals surface area contributed by atoms with E-state index in [1.54, 1.807) is 12.1 Å². The summed E-state index contributed by atoms with van der Waals surface area (Å²) in [5.41, 5.74) is 2.03. The molecule has 5 heteroatoms. The van der Waals surface area contributed by atoms with Gasteiger partial charge >= 0.3 is 0 Å². The number of nitrogens with zero attached hydrogens (tertiary/aromatic N) is 1. The lowest BCUT2D eigenvalue weighted by molar-refractivity contribution is -0.384. The van der Waals surface area contributed by atoms with Crippen molar-refractivity contribution in [2.45, 2.75) is 18.9 Å². The van der Waals surface area contributed by atoms with Gasteiger partial charge in [-0.3, -0.25) is 10.1 Å². The quantitative estimate of drug-likeness (QED) is 0.603. The predicted octanol–water partition coefficient (Wildman–Crippen LogP) is 3.52. The van der Waals surface area contributed by atoms with Gasteiger partial charge in [-0.05, 0) is 30.5 Å². The molecule has 0 saturated heterocycles. The van der Waals surface area contributed by atoms with Crippen molar-refractivity contribution in [3.05, 3.63) is 70.3 Å². The molecule has 1 atom stereocenters. The van der Waals surface area contributed by atoms with E-state index in [0.717, 1.165) is 17.7 Å². The molecule has 0 aromatic heterocycles. The highest BCUT2D eigenvalue weighted by molar-refractivity contribution is 5.50. The monoisotopic (exact) mass is 286 g/mol. The molecule has 0 fully saturated rings. The second-order valence-corrected chi connectivity index (χ2v) is 4.78. The van der Waals surface area contributed by atoms with Crippen molar-refractivity contribution in [1.82, 2.24) is 0 Å². The predicted molar refractivity (Wildman–Crippen MR) is 82.2 cm³/mol. The lowest BCUT2D eigenvalue weighted by atomic mass is 10.0. The number of non-ortho nitro benzene ring substituents is 1. The number of nitro benzene ring substituents is 1. The van der Waals surface area contributed by atoms with Crippen LogP contribution in [0.3, 0.4) is 0 Å². The fraction of sp³-hybridized carbons (Fsp3) is 0.250. The van der Waals surface area contributed by atoms with Crippen LogP contribution in [0.5, 0.6) is 0 Å². The Balaban J connectivity index is 2.12. The van der Waals surface area contributed by atoms with E-state index in [0.29, 0.717) is 6.42 Å². The average molecular weight is 286 g/mol. The Labute approximate surface area is 123 Å². The van der Waals surface area contributed by atoms with Crippen molar-refractivity contribution in [1.29, 1.82) is 0 Å². The van der Waals surface area contributed by atoms with E-state index in [4.69, 9.17) is 5.11 Å². The van der Waals surface area contributed by atoms with Crippen molar-refractivity contribution in [2.75, 3.05) is 11.9 Å². The zero-order chi connectivity index (χ0) is 15.1.